The Morgan fingerprint density at radius 3 is 3.04 bits per heavy atom. The van der Waals surface area contributed by atoms with Crippen LogP contribution in [0.1, 0.15) is 30.4 Å². The first-order chi connectivity index (χ1) is 12.4. The summed E-state index contributed by atoms with van der Waals surface area (Å²) in [5.41, 5.74) is 0.553. The molecule has 0 aromatic heterocycles. The van der Waals surface area contributed by atoms with E-state index >= 15 is 0 Å². The van der Waals surface area contributed by atoms with Gasteiger partial charge < -0.3 is 25.2 Å². The highest BCUT2D eigenvalue weighted by molar-refractivity contribution is 6.27. The highest BCUT2D eigenvalue weighted by Gasteiger charge is 2.72. The molecule has 2 aliphatic carbocycles. The van der Waals surface area contributed by atoms with E-state index in [4.69, 9.17) is 16.3 Å². The molecule has 2 bridgehead atoms. The summed E-state index contributed by atoms with van der Waals surface area (Å²) < 4.78 is 6.28. The van der Waals surface area contributed by atoms with E-state index in [-0.39, 0.29) is 29.6 Å². The number of nitrogens with one attached hydrogen (secondary N) is 1. The standard InChI is InChI=1S/C19H23ClN2O4/c1-22-7-6-18-15-10-2-3-12(23)16(15)26-17(18)11(21-14(24)9-20)4-5-19(18,25)13(22)8-10/h2-3,11,13,17,23,25H,4-9H2,1H3,(H,21,24)/t11-,13-,17+,18+,19-/m1/s1. The predicted molar refractivity (Wildman–Crippen MR) is 95.8 cm³/mol. The number of likely N-dealkylation sites (N-methyl/N-ethyl adjacent to an activating group) is 1. The van der Waals surface area contributed by atoms with Gasteiger partial charge in [-0.25, -0.2) is 0 Å². The number of likely N-dealkylation sites (tertiary alicyclic amines) is 1. The lowest BCUT2D eigenvalue weighted by atomic mass is 9.48. The average molecular weight is 379 g/mol. The number of alkyl halides is 1. The van der Waals surface area contributed by atoms with Gasteiger partial charge in [0.25, 0.3) is 0 Å². The summed E-state index contributed by atoms with van der Waals surface area (Å²) in [6.07, 6.45) is 2.29. The second kappa shape index (κ2) is 5.27. The van der Waals surface area contributed by atoms with Gasteiger partial charge in [0, 0.05) is 11.6 Å². The third kappa shape index (κ3) is 1.78. The number of aliphatic hydroxyl groups is 1. The number of piperidine rings is 1. The zero-order chi connectivity index (χ0) is 18.3. The number of halogens is 1. The second-order valence-corrected chi connectivity index (χ2v) is 8.45. The van der Waals surface area contributed by atoms with Gasteiger partial charge in [0.2, 0.25) is 5.91 Å². The van der Waals surface area contributed by atoms with Crippen molar-refractivity contribution in [3.8, 4) is 11.5 Å². The van der Waals surface area contributed by atoms with E-state index in [0.29, 0.717) is 18.6 Å². The van der Waals surface area contributed by atoms with Crippen LogP contribution in [0.2, 0.25) is 0 Å². The quantitative estimate of drug-likeness (QED) is 0.666. The van der Waals surface area contributed by atoms with Crippen LogP contribution in [0.3, 0.4) is 0 Å². The molecule has 1 aromatic carbocycles. The maximum atomic E-state index is 12.0. The molecule has 0 radical (unpaired) electrons. The minimum absolute atomic E-state index is 0.00928. The molecule has 2 aliphatic heterocycles. The largest absolute Gasteiger partial charge is 0.504 e. The molecule has 3 N–H and O–H groups in total. The van der Waals surface area contributed by atoms with Crippen LogP contribution in [0.5, 0.6) is 11.5 Å². The molecular formula is C19H23ClN2O4. The molecule has 1 saturated carbocycles. The first-order valence-corrected chi connectivity index (χ1v) is 9.76. The Hall–Kier alpha value is -1.50. The Bertz CT molecular complexity index is 802. The zero-order valence-electron chi connectivity index (χ0n) is 14.7. The van der Waals surface area contributed by atoms with Gasteiger partial charge in [0.05, 0.1) is 17.1 Å². The molecule has 6 nitrogen and oxygen atoms in total. The third-order valence-electron chi connectivity index (χ3n) is 7.20. The molecule has 1 spiro atoms. The number of phenols is 1. The second-order valence-electron chi connectivity index (χ2n) is 8.18. The van der Waals surface area contributed by atoms with Crippen LogP contribution in [-0.2, 0) is 16.6 Å². The van der Waals surface area contributed by atoms with Crippen LogP contribution in [0, 0.1) is 0 Å². The summed E-state index contributed by atoms with van der Waals surface area (Å²) in [5.74, 6) is 0.258. The van der Waals surface area contributed by atoms with E-state index in [1.165, 1.54) is 0 Å². The van der Waals surface area contributed by atoms with Gasteiger partial charge in [0.1, 0.15) is 12.0 Å². The number of carbonyl (C=O) groups is 1. The molecule has 140 valence electrons. The van der Waals surface area contributed by atoms with Gasteiger partial charge in [-0.1, -0.05) is 6.07 Å². The van der Waals surface area contributed by atoms with E-state index in [2.05, 4.69) is 17.3 Å². The Labute approximate surface area is 157 Å². The van der Waals surface area contributed by atoms with Crippen molar-refractivity contribution in [1.82, 2.24) is 10.2 Å². The highest BCUT2D eigenvalue weighted by atomic mass is 35.5. The number of carbonyl (C=O) groups excluding carboxylic acids is 1. The van der Waals surface area contributed by atoms with E-state index < -0.39 is 17.1 Å². The summed E-state index contributed by atoms with van der Waals surface area (Å²) in [6, 6.07) is 3.40. The summed E-state index contributed by atoms with van der Waals surface area (Å²) >= 11 is 5.69. The Kier molecular flexibility index (Phi) is 3.38. The molecule has 5 atom stereocenters. The lowest BCUT2D eigenvalue weighted by molar-refractivity contribution is -0.187. The predicted octanol–water partition coefficient (Wildman–Crippen LogP) is 0.900. The highest BCUT2D eigenvalue weighted by Crippen LogP contribution is 2.65. The molecule has 1 amide bonds. The van der Waals surface area contributed by atoms with Crippen molar-refractivity contribution in [2.24, 2.45) is 0 Å². The van der Waals surface area contributed by atoms with E-state index in [0.717, 1.165) is 30.5 Å². The number of rotatable bonds is 2. The van der Waals surface area contributed by atoms with Crippen LogP contribution in [0.4, 0.5) is 0 Å². The lowest BCUT2D eigenvalue weighted by Gasteiger charge is -2.63. The molecular weight excluding hydrogens is 356 g/mol. The number of phenolic OH excluding ortho intramolecular Hbond substituents is 1. The molecule has 0 unspecified atom stereocenters. The van der Waals surface area contributed by atoms with Gasteiger partial charge in [-0.05, 0) is 50.9 Å². The maximum Gasteiger partial charge on any atom is 0.235 e. The SMILES string of the molecule is CN1CC[C@]23c4c5ccc(O)c4O[C@H]2[C@H](NC(=O)CCl)CC[C@@]3(O)[C@H]1C5. The molecule has 26 heavy (non-hydrogen) atoms. The van der Waals surface area contributed by atoms with Crippen molar-refractivity contribution in [2.75, 3.05) is 19.5 Å². The molecule has 1 saturated heterocycles. The number of amides is 1. The van der Waals surface area contributed by atoms with Crippen molar-refractivity contribution in [2.45, 2.75) is 54.9 Å². The Balaban J connectivity index is 1.71. The van der Waals surface area contributed by atoms with Gasteiger partial charge in [-0.3, -0.25) is 4.79 Å². The smallest absolute Gasteiger partial charge is 0.235 e. The zero-order valence-corrected chi connectivity index (χ0v) is 15.4. The van der Waals surface area contributed by atoms with Crippen LogP contribution >= 0.6 is 11.6 Å². The van der Waals surface area contributed by atoms with Gasteiger partial charge in [-0.15, -0.1) is 11.6 Å². The maximum absolute atomic E-state index is 12.0. The van der Waals surface area contributed by atoms with Gasteiger partial charge in [-0.2, -0.15) is 0 Å². The topological polar surface area (TPSA) is 82.0 Å². The van der Waals surface area contributed by atoms with Crippen molar-refractivity contribution in [3.05, 3.63) is 23.3 Å². The summed E-state index contributed by atoms with van der Waals surface area (Å²) in [6.45, 7) is 0.845. The summed E-state index contributed by atoms with van der Waals surface area (Å²) in [7, 11) is 2.06. The fourth-order valence-corrected chi connectivity index (χ4v) is 6.22. The first-order valence-electron chi connectivity index (χ1n) is 9.22. The molecule has 2 heterocycles. The number of ether oxygens (including phenoxy) is 1. The van der Waals surface area contributed by atoms with Crippen molar-refractivity contribution in [3.63, 3.8) is 0 Å². The summed E-state index contributed by atoms with van der Waals surface area (Å²) in [4.78, 5) is 14.2. The van der Waals surface area contributed by atoms with Crippen molar-refractivity contribution < 1.29 is 19.7 Å². The van der Waals surface area contributed by atoms with Crippen molar-refractivity contribution in [1.29, 1.82) is 0 Å². The molecule has 7 heteroatoms. The monoisotopic (exact) mass is 378 g/mol. The number of hydrogen-bond acceptors (Lipinski definition) is 5. The fourth-order valence-electron chi connectivity index (χ4n) is 6.15. The summed E-state index contributed by atoms with van der Waals surface area (Å²) in [5, 5.41) is 25.4. The van der Waals surface area contributed by atoms with Crippen LogP contribution in [0.25, 0.3) is 0 Å². The molecule has 4 aliphatic rings. The average Bonchev–Trinajstić information content (AvgIpc) is 2.98. The van der Waals surface area contributed by atoms with E-state index in [1.807, 2.05) is 6.07 Å². The molecule has 1 aromatic rings. The first kappa shape index (κ1) is 16.7. The molecule has 2 fully saturated rings. The number of benzene rings is 1. The van der Waals surface area contributed by atoms with Gasteiger partial charge in [0.15, 0.2) is 11.5 Å². The Morgan fingerprint density at radius 1 is 1.46 bits per heavy atom. The number of aromatic hydroxyl groups is 1. The van der Waals surface area contributed by atoms with E-state index in [1.54, 1.807) is 6.07 Å². The van der Waals surface area contributed by atoms with Crippen LogP contribution in [-0.4, -0.2) is 64.3 Å². The third-order valence-corrected chi connectivity index (χ3v) is 7.44. The van der Waals surface area contributed by atoms with Crippen LogP contribution in [0.15, 0.2) is 12.1 Å². The number of nitrogens with zero attached hydrogens (tertiary/aromatic N) is 1. The van der Waals surface area contributed by atoms with E-state index in [9.17, 15) is 15.0 Å². The number of hydrogen-bond donors (Lipinski definition) is 3. The normalized spacial score (nSPS) is 39.9. The Morgan fingerprint density at radius 2 is 2.27 bits per heavy atom. The molecule has 5 rings (SSSR count). The van der Waals surface area contributed by atoms with Crippen molar-refractivity contribution >= 4 is 17.5 Å². The van der Waals surface area contributed by atoms with Crippen LogP contribution < -0.4 is 10.1 Å². The minimum Gasteiger partial charge on any atom is -0.504 e. The minimum atomic E-state index is -0.932. The lowest BCUT2D eigenvalue weighted by Crippen LogP contribution is -2.77. The fraction of sp³-hybridized carbons (Fsp3) is 0.632. The van der Waals surface area contributed by atoms with Gasteiger partial charge >= 0.3 is 0 Å².